The summed E-state index contributed by atoms with van der Waals surface area (Å²) in [7, 11) is -3.36. The highest BCUT2D eigenvalue weighted by molar-refractivity contribution is 7.89. The summed E-state index contributed by atoms with van der Waals surface area (Å²) in [5.41, 5.74) is 1.07. The predicted molar refractivity (Wildman–Crippen MR) is 87.2 cm³/mol. The van der Waals surface area contributed by atoms with Gasteiger partial charge in [-0.15, -0.1) is 11.6 Å². The topological polar surface area (TPSA) is 37.4 Å². The van der Waals surface area contributed by atoms with Crippen molar-refractivity contribution in [1.82, 2.24) is 4.31 Å². The minimum atomic E-state index is -3.36. The Labute approximate surface area is 133 Å². The summed E-state index contributed by atoms with van der Waals surface area (Å²) in [5.74, 6) is 1.06. The molecule has 1 fully saturated rings. The zero-order valence-corrected chi connectivity index (χ0v) is 14.3. The maximum Gasteiger partial charge on any atom is 0.243 e. The first kappa shape index (κ1) is 16.8. The first-order chi connectivity index (χ1) is 9.95. The summed E-state index contributed by atoms with van der Waals surface area (Å²) in [5, 5.41) is 0. The van der Waals surface area contributed by atoms with E-state index in [0.717, 1.165) is 31.2 Å². The lowest BCUT2D eigenvalue weighted by Crippen LogP contribution is -2.34. The molecule has 3 nitrogen and oxygen atoms in total. The van der Waals surface area contributed by atoms with Gasteiger partial charge in [-0.25, -0.2) is 8.42 Å². The van der Waals surface area contributed by atoms with E-state index in [-0.39, 0.29) is 6.04 Å². The van der Waals surface area contributed by atoms with E-state index in [4.69, 9.17) is 11.6 Å². The highest BCUT2D eigenvalue weighted by Crippen LogP contribution is 2.32. The van der Waals surface area contributed by atoms with E-state index in [1.165, 1.54) is 0 Å². The van der Waals surface area contributed by atoms with Gasteiger partial charge in [0.15, 0.2) is 0 Å². The van der Waals surface area contributed by atoms with Gasteiger partial charge in [-0.05, 0) is 49.3 Å². The van der Waals surface area contributed by atoms with Gasteiger partial charge in [0.1, 0.15) is 0 Å². The van der Waals surface area contributed by atoms with Crippen LogP contribution in [0, 0.1) is 5.92 Å². The van der Waals surface area contributed by atoms with Crippen LogP contribution in [0.5, 0.6) is 0 Å². The van der Waals surface area contributed by atoms with Gasteiger partial charge in [-0.2, -0.15) is 4.31 Å². The number of nitrogens with zero attached hydrogens (tertiary/aromatic N) is 1. The van der Waals surface area contributed by atoms with Crippen LogP contribution in [0.1, 0.15) is 38.7 Å². The van der Waals surface area contributed by atoms with E-state index >= 15 is 0 Å². The van der Waals surface area contributed by atoms with Crippen molar-refractivity contribution in [2.75, 3.05) is 12.4 Å². The molecule has 0 unspecified atom stereocenters. The molecule has 0 N–H and O–H groups in total. The smallest absolute Gasteiger partial charge is 0.207 e. The minimum Gasteiger partial charge on any atom is -0.207 e. The third-order valence-electron chi connectivity index (χ3n) is 3.79. The maximum atomic E-state index is 12.8. The van der Waals surface area contributed by atoms with Gasteiger partial charge in [-0.3, -0.25) is 0 Å². The molecule has 2 rings (SSSR count). The third-order valence-corrected chi connectivity index (χ3v) is 5.95. The third kappa shape index (κ3) is 4.44. The lowest BCUT2D eigenvalue weighted by molar-refractivity contribution is 0.373. The molecule has 0 aliphatic heterocycles. The van der Waals surface area contributed by atoms with Crippen LogP contribution in [0.15, 0.2) is 29.2 Å². The average molecular weight is 330 g/mol. The maximum absolute atomic E-state index is 12.8. The fourth-order valence-electron chi connectivity index (χ4n) is 2.32. The molecule has 1 aromatic rings. The van der Waals surface area contributed by atoms with Crippen LogP contribution < -0.4 is 0 Å². The Kier molecular flexibility index (Phi) is 5.69. The molecule has 0 saturated heterocycles. The molecular formula is C16H24ClNO2S. The van der Waals surface area contributed by atoms with Crippen molar-refractivity contribution >= 4 is 21.6 Å². The zero-order chi connectivity index (χ0) is 15.5. The highest BCUT2D eigenvalue weighted by atomic mass is 35.5. The molecule has 0 radical (unpaired) electrons. The number of sulfonamides is 1. The van der Waals surface area contributed by atoms with Crippen molar-refractivity contribution in [3.63, 3.8) is 0 Å². The van der Waals surface area contributed by atoms with Crippen molar-refractivity contribution in [2.24, 2.45) is 5.92 Å². The molecule has 0 atom stereocenters. The Morgan fingerprint density at radius 2 is 1.86 bits per heavy atom. The summed E-state index contributed by atoms with van der Waals surface area (Å²) in [6.07, 6.45) is 3.64. The van der Waals surface area contributed by atoms with Crippen molar-refractivity contribution in [1.29, 1.82) is 0 Å². The second-order valence-electron chi connectivity index (χ2n) is 6.11. The van der Waals surface area contributed by atoms with Gasteiger partial charge in [0.05, 0.1) is 4.90 Å². The van der Waals surface area contributed by atoms with Gasteiger partial charge in [0, 0.05) is 18.5 Å². The largest absolute Gasteiger partial charge is 0.243 e. The van der Waals surface area contributed by atoms with Crippen molar-refractivity contribution in [2.45, 2.75) is 50.5 Å². The van der Waals surface area contributed by atoms with Crippen LogP contribution in [0.2, 0.25) is 0 Å². The predicted octanol–water partition coefficient (Wildman–Crippen LogP) is 3.67. The van der Waals surface area contributed by atoms with E-state index in [2.05, 4.69) is 13.8 Å². The van der Waals surface area contributed by atoms with Gasteiger partial charge < -0.3 is 0 Å². The summed E-state index contributed by atoms with van der Waals surface area (Å²) in [4.78, 5) is 0.400. The molecular weight excluding hydrogens is 306 g/mol. The standard InChI is InChI=1S/C16H24ClNO2S/c1-13(2)10-12-18(15-5-6-15)21(19,20)16-7-3-14(4-8-16)9-11-17/h3-4,7-8,13,15H,5-6,9-12H2,1-2H3. The number of rotatable bonds is 8. The summed E-state index contributed by atoms with van der Waals surface area (Å²) >= 11 is 5.71. The Morgan fingerprint density at radius 1 is 1.24 bits per heavy atom. The molecule has 0 spiro atoms. The van der Waals surface area contributed by atoms with Crippen molar-refractivity contribution in [3.8, 4) is 0 Å². The zero-order valence-electron chi connectivity index (χ0n) is 12.8. The van der Waals surface area contributed by atoms with E-state index < -0.39 is 10.0 Å². The summed E-state index contributed by atoms with van der Waals surface area (Å²) < 4.78 is 27.3. The summed E-state index contributed by atoms with van der Waals surface area (Å²) in [6, 6.07) is 7.35. The van der Waals surface area contributed by atoms with Gasteiger partial charge >= 0.3 is 0 Å². The highest BCUT2D eigenvalue weighted by Gasteiger charge is 2.37. The molecule has 21 heavy (non-hydrogen) atoms. The van der Waals surface area contributed by atoms with Crippen LogP contribution in [0.4, 0.5) is 0 Å². The van der Waals surface area contributed by atoms with Gasteiger partial charge in [0.2, 0.25) is 10.0 Å². The number of aryl methyl sites for hydroxylation is 1. The lowest BCUT2D eigenvalue weighted by Gasteiger charge is -2.23. The first-order valence-corrected chi connectivity index (χ1v) is 9.59. The molecule has 0 bridgehead atoms. The van der Waals surface area contributed by atoms with E-state index in [0.29, 0.717) is 23.2 Å². The second-order valence-corrected chi connectivity index (χ2v) is 8.38. The average Bonchev–Trinajstić information content (AvgIpc) is 3.24. The van der Waals surface area contributed by atoms with E-state index in [1.807, 2.05) is 12.1 Å². The molecule has 1 aliphatic rings. The van der Waals surface area contributed by atoms with E-state index in [1.54, 1.807) is 16.4 Å². The van der Waals surface area contributed by atoms with Crippen LogP contribution >= 0.6 is 11.6 Å². The molecule has 1 saturated carbocycles. The molecule has 1 aromatic carbocycles. The number of hydrogen-bond donors (Lipinski definition) is 0. The van der Waals surface area contributed by atoms with Crippen LogP contribution in [0.3, 0.4) is 0 Å². The first-order valence-electron chi connectivity index (χ1n) is 7.62. The van der Waals surface area contributed by atoms with E-state index in [9.17, 15) is 8.42 Å². The number of halogens is 1. The minimum absolute atomic E-state index is 0.205. The van der Waals surface area contributed by atoms with Crippen LogP contribution in [-0.2, 0) is 16.4 Å². The SMILES string of the molecule is CC(C)CCN(C1CC1)S(=O)(=O)c1ccc(CCCl)cc1. The van der Waals surface area contributed by atoms with Gasteiger partial charge in [-0.1, -0.05) is 26.0 Å². The summed E-state index contributed by atoms with van der Waals surface area (Å²) in [6.45, 7) is 4.87. The fraction of sp³-hybridized carbons (Fsp3) is 0.625. The Bertz CT molecular complexity index is 550. The van der Waals surface area contributed by atoms with Crippen LogP contribution in [0.25, 0.3) is 0 Å². The Morgan fingerprint density at radius 3 is 2.33 bits per heavy atom. The Hall–Kier alpha value is -0.580. The number of hydrogen-bond acceptors (Lipinski definition) is 2. The second kappa shape index (κ2) is 7.12. The van der Waals surface area contributed by atoms with Crippen LogP contribution in [-0.4, -0.2) is 31.2 Å². The molecule has 0 heterocycles. The van der Waals surface area contributed by atoms with Crippen molar-refractivity contribution in [3.05, 3.63) is 29.8 Å². The fourth-order valence-corrected chi connectivity index (χ4v) is 4.24. The lowest BCUT2D eigenvalue weighted by atomic mass is 10.1. The monoisotopic (exact) mass is 329 g/mol. The molecule has 1 aliphatic carbocycles. The molecule has 118 valence electrons. The molecule has 0 aromatic heterocycles. The molecule has 5 heteroatoms. The number of benzene rings is 1. The molecule has 0 amide bonds. The quantitative estimate of drug-likeness (QED) is 0.682. The van der Waals surface area contributed by atoms with Crippen molar-refractivity contribution < 1.29 is 8.42 Å². The number of alkyl halides is 1. The van der Waals surface area contributed by atoms with Gasteiger partial charge in [0.25, 0.3) is 0 Å². The normalized spacial score (nSPS) is 15.9. The Balaban J connectivity index is 2.17.